The Labute approximate surface area is 163 Å². The van der Waals surface area contributed by atoms with E-state index in [0.717, 1.165) is 38.8 Å². The fourth-order valence-electron chi connectivity index (χ4n) is 2.89. The molecule has 1 heterocycles. The molecule has 28 heavy (non-hydrogen) atoms. The number of piperazine rings is 1. The first-order chi connectivity index (χ1) is 13.3. The third-order valence-electron chi connectivity index (χ3n) is 4.32. The van der Waals surface area contributed by atoms with Crippen molar-refractivity contribution in [3.05, 3.63) is 69.8 Å². The Morgan fingerprint density at radius 1 is 1.04 bits per heavy atom. The predicted octanol–water partition coefficient (Wildman–Crippen LogP) is 2.67. The second kappa shape index (κ2) is 9.61. The van der Waals surface area contributed by atoms with Crippen LogP contribution in [0.25, 0.3) is 0 Å². The summed E-state index contributed by atoms with van der Waals surface area (Å²) in [5.41, 5.74) is 1.63. The molecule has 1 N–H and O–H groups in total. The zero-order valence-corrected chi connectivity index (χ0v) is 15.9. The largest absolute Gasteiger partial charge is 0.481 e. The highest BCUT2D eigenvalue weighted by atomic mass is 16.6. The molecule has 0 unspecified atom stereocenters. The summed E-state index contributed by atoms with van der Waals surface area (Å²) in [6, 6.07) is 13.4. The van der Waals surface area contributed by atoms with Gasteiger partial charge in [0.05, 0.1) is 10.5 Å². The van der Waals surface area contributed by atoms with Crippen LogP contribution >= 0.6 is 0 Å². The number of benzene rings is 2. The molecule has 0 amide bonds. The monoisotopic (exact) mass is 385 g/mol. The van der Waals surface area contributed by atoms with Crippen LogP contribution in [0.1, 0.15) is 22.8 Å². The molecule has 8 nitrogen and oxygen atoms in total. The number of carboxylic acids is 1. The number of nitrogens with zero attached hydrogens (tertiary/aromatic N) is 3. The molecule has 148 valence electrons. The molecule has 0 aliphatic carbocycles. The van der Waals surface area contributed by atoms with Gasteiger partial charge in [0.25, 0.3) is 11.7 Å². The maximum atomic E-state index is 12.9. The van der Waals surface area contributed by atoms with Crippen molar-refractivity contribution in [1.29, 1.82) is 0 Å². The van der Waals surface area contributed by atoms with E-state index in [-0.39, 0.29) is 11.5 Å². The minimum atomic E-state index is -0.833. The summed E-state index contributed by atoms with van der Waals surface area (Å²) < 4.78 is 0. The van der Waals surface area contributed by atoms with Gasteiger partial charge < -0.3 is 14.9 Å². The maximum Gasteiger partial charge on any atom is 0.300 e. The highest BCUT2D eigenvalue weighted by molar-refractivity contribution is 6.12. The molecule has 0 saturated carbocycles. The first-order valence-corrected chi connectivity index (χ1v) is 8.81. The lowest BCUT2D eigenvalue weighted by Crippen LogP contribution is -2.45. The van der Waals surface area contributed by atoms with E-state index >= 15 is 0 Å². The summed E-state index contributed by atoms with van der Waals surface area (Å²) >= 11 is 0. The van der Waals surface area contributed by atoms with Gasteiger partial charge in [-0.2, -0.15) is 0 Å². The van der Waals surface area contributed by atoms with Gasteiger partial charge >= 0.3 is 0 Å². The van der Waals surface area contributed by atoms with Gasteiger partial charge in [0.2, 0.25) is 0 Å². The minimum Gasteiger partial charge on any atom is -0.481 e. The normalized spacial score (nSPS) is 14.0. The lowest BCUT2D eigenvalue weighted by atomic mass is 10.00. The number of hydrogen-bond donors (Lipinski definition) is 1. The SMILES string of the molecule is CC(=O)O.CN1CCN(c2ccc([N+](=O)[O-])cc2C(=O)c2ccccc2)CC1. The molecule has 2 aromatic rings. The van der Waals surface area contributed by atoms with Gasteiger partial charge in [-0.1, -0.05) is 30.3 Å². The van der Waals surface area contributed by atoms with Crippen LogP contribution in [0, 0.1) is 10.1 Å². The molecule has 1 aliphatic rings. The van der Waals surface area contributed by atoms with E-state index in [1.165, 1.54) is 12.1 Å². The van der Waals surface area contributed by atoms with Gasteiger partial charge in [0.1, 0.15) is 0 Å². The van der Waals surface area contributed by atoms with Crippen LogP contribution in [-0.4, -0.2) is 59.9 Å². The van der Waals surface area contributed by atoms with E-state index in [1.54, 1.807) is 30.3 Å². The summed E-state index contributed by atoms with van der Waals surface area (Å²) in [5, 5.41) is 18.5. The Morgan fingerprint density at radius 2 is 1.61 bits per heavy atom. The van der Waals surface area contributed by atoms with Gasteiger partial charge in [-0.25, -0.2) is 0 Å². The number of anilines is 1. The van der Waals surface area contributed by atoms with Crippen LogP contribution in [0.4, 0.5) is 11.4 Å². The van der Waals surface area contributed by atoms with Crippen LogP contribution in [0.3, 0.4) is 0 Å². The van der Waals surface area contributed by atoms with Crippen molar-refractivity contribution in [2.24, 2.45) is 0 Å². The number of non-ortho nitro benzene ring substituents is 1. The summed E-state index contributed by atoms with van der Waals surface area (Å²) in [5.74, 6) is -1.02. The molecule has 1 aliphatic heterocycles. The Morgan fingerprint density at radius 3 is 2.14 bits per heavy atom. The van der Waals surface area contributed by atoms with Crippen LogP contribution < -0.4 is 4.90 Å². The van der Waals surface area contributed by atoms with Crippen molar-refractivity contribution in [2.75, 3.05) is 38.1 Å². The first-order valence-electron chi connectivity index (χ1n) is 8.81. The van der Waals surface area contributed by atoms with Crippen molar-refractivity contribution in [1.82, 2.24) is 4.90 Å². The number of carboxylic acid groups (broad SMARTS) is 1. The molecule has 1 saturated heterocycles. The first kappa shape index (κ1) is 21.0. The number of hydrogen-bond acceptors (Lipinski definition) is 6. The number of rotatable bonds is 4. The van der Waals surface area contributed by atoms with E-state index in [4.69, 9.17) is 9.90 Å². The fraction of sp³-hybridized carbons (Fsp3) is 0.300. The number of carbonyl (C=O) groups is 2. The second-order valence-corrected chi connectivity index (χ2v) is 6.46. The maximum absolute atomic E-state index is 12.9. The Hall–Kier alpha value is -3.26. The highest BCUT2D eigenvalue weighted by Crippen LogP contribution is 2.28. The highest BCUT2D eigenvalue weighted by Gasteiger charge is 2.23. The molecule has 0 atom stereocenters. The lowest BCUT2D eigenvalue weighted by Gasteiger charge is -2.35. The molecule has 0 spiro atoms. The molecular formula is C20H23N3O5. The summed E-state index contributed by atoms with van der Waals surface area (Å²) in [6.07, 6.45) is 0. The topological polar surface area (TPSA) is 104 Å². The van der Waals surface area contributed by atoms with Crippen LogP contribution in [0.5, 0.6) is 0 Å². The Balaban J connectivity index is 0.000000640. The van der Waals surface area contributed by atoms with Gasteiger partial charge in [0, 0.05) is 56.5 Å². The van der Waals surface area contributed by atoms with E-state index < -0.39 is 10.9 Å². The third-order valence-corrected chi connectivity index (χ3v) is 4.32. The van der Waals surface area contributed by atoms with Gasteiger partial charge in [-0.15, -0.1) is 0 Å². The number of nitro benzene ring substituents is 1. The number of aliphatic carboxylic acids is 1. The molecule has 0 aromatic heterocycles. The Kier molecular flexibility index (Phi) is 7.22. The number of carbonyl (C=O) groups excluding carboxylic acids is 1. The number of nitro groups is 1. The second-order valence-electron chi connectivity index (χ2n) is 6.46. The van der Waals surface area contributed by atoms with E-state index in [0.29, 0.717) is 11.1 Å². The van der Waals surface area contributed by atoms with E-state index in [9.17, 15) is 14.9 Å². The third kappa shape index (κ3) is 5.62. The zero-order valence-electron chi connectivity index (χ0n) is 15.9. The predicted molar refractivity (Wildman–Crippen MR) is 106 cm³/mol. The summed E-state index contributed by atoms with van der Waals surface area (Å²) in [4.78, 5) is 36.9. The number of likely N-dealkylation sites (N-methyl/N-ethyl adjacent to an activating group) is 1. The fourth-order valence-corrected chi connectivity index (χ4v) is 2.89. The van der Waals surface area contributed by atoms with Crippen molar-refractivity contribution in [2.45, 2.75) is 6.92 Å². The van der Waals surface area contributed by atoms with Gasteiger partial charge in [-0.05, 0) is 13.1 Å². The average molecular weight is 385 g/mol. The quantitative estimate of drug-likeness (QED) is 0.490. The Bertz CT molecular complexity index is 842. The summed E-state index contributed by atoms with van der Waals surface area (Å²) in [7, 11) is 2.06. The van der Waals surface area contributed by atoms with Gasteiger partial charge in [0.15, 0.2) is 5.78 Å². The van der Waals surface area contributed by atoms with E-state index in [2.05, 4.69) is 16.8 Å². The van der Waals surface area contributed by atoms with Crippen LogP contribution in [0.2, 0.25) is 0 Å². The van der Waals surface area contributed by atoms with Crippen LogP contribution in [-0.2, 0) is 4.79 Å². The average Bonchev–Trinajstić information content (AvgIpc) is 2.68. The lowest BCUT2D eigenvalue weighted by molar-refractivity contribution is -0.384. The van der Waals surface area contributed by atoms with Crippen molar-refractivity contribution in [3.63, 3.8) is 0 Å². The van der Waals surface area contributed by atoms with Crippen molar-refractivity contribution in [3.8, 4) is 0 Å². The molecular weight excluding hydrogens is 362 g/mol. The van der Waals surface area contributed by atoms with E-state index in [1.807, 2.05) is 6.07 Å². The van der Waals surface area contributed by atoms with Crippen LogP contribution in [0.15, 0.2) is 48.5 Å². The smallest absolute Gasteiger partial charge is 0.300 e. The molecule has 0 radical (unpaired) electrons. The van der Waals surface area contributed by atoms with Crippen molar-refractivity contribution >= 4 is 23.1 Å². The molecule has 1 fully saturated rings. The standard InChI is InChI=1S/C18H19N3O3.C2H4O2/c1-19-9-11-20(12-10-19)17-8-7-15(21(23)24)13-16(17)18(22)14-5-3-2-4-6-14;1-2(3)4/h2-8,13H,9-12H2,1H3;1H3,(H,3,4). The molecule has 2 aromatic carbocycles. The molecule has 0 bridgehead atoms. The molecule has 3 rings (SSSR count). The van der Waals surface area contributed by atoms with Gasteiger partial charge in [-0.3, -0.25) is 19.7 Å². The number of ketones is 1. The molecule has 8 heteroatoms. The summed E-state index contributed by atoms with van der Waals surface area (Å²) in [6.45, 7) is 4.47. The zero-order chi connectivity index (χ0) is 20.7. The van der Waals surface area contributed by atoms with Crippen molar-refractivity contribution < 1.29 is 19.6 Å². The minimum absolute atomic E-state index is 0.0628.